The Kier molecular flexibility index (Phi) is 6.11. The molecule has 0 atom stereocenters. The van der Waals surface area contributed by atoms with Gasteiger partial charge >= 0.3 is 0 Å². The van der Waals surface area contributed by atoms with Gasteiger partial charge in [0.2, 0.25) is 0 Å². The first kappa shape index (κ1) is 20.7. The van der Waals surface area contributed by atoms with Crippen molar-refractivity contribution in [2.24, 2.45) is 0 Å². The first-order chi connectivity index (χ1) is 13.8. The number of nitrogens with zero attached hydrogens (tertiary/aromatic N) is 2. The number of hydrogen-bond acceptors (Lipinski definition) is 3. The van der Waals surface area contributed by atoms with Crippen LogP contribution in [-0.4, -0.2) is 16.7 Å². The Morgan fingerprint density at radius 2 is 1.86 bits per heavy atom. The molecule has 6 heteroatoms. The van der Waals surface area contributed by atoms with Gasteiger partial charge in [-0.15, -0.1) is 0 Å². The van der Waals surface area contributed by atoms with Crippen molar-refractivity contribution in [3.63, 3.8) is 0 Å². The van der Waals surface area contributed by atoms with Crippen molar-refractivity contribution in [3.05, 3.63) is 81.3 Å². The average Bonchev–Trinajstić information content (AvgIpc) is 2.66. The monoisotopic (exact) mass is 398 g/mol. The van der Waals surface area contributed by atoms with Crippen molar-refractivity contribution in [1.82, 2.24) is 9.55 Å². The molecule has 0 saturated heterocycles. The fraction of sp³-hybridized carbons (Fsp3) is 0.304. The molecule has 1 heterocycles. The number of hydrogen-bond donors (Lipinski definition) is 0. The van der Waals surface area contributed by atoms with Crippen molar-refractivity contribution in [3.8, 4) is 17.1 Å². The van der Waals surface area contributed by atoms with Crippen molar-refractivity contribution in [2.45, 2.75) is 39.7 Å². The lowest BCUT2D eigenvalue weighted by Gasteiger charge is -2.19. The first-order valence-electron chi connectivity index (χ1n) is 9.52. The number of ether oxygens (including phenoxy) is 1. The summed E-state index contributed by atoms with van der Waals surface area (Å²) in [6.45, 7) is 5.93. The van der Waals surface area contributed by atoms with E-state index < -0.39 is 5.82 Å². The molecule has 3 rings (SSSR count). The molecule has 0 amide bonds. The molecule has 4 nitrogen and oxygen atoms in total. The van der Waals surface area contributed by atoms with Gasteiger partial charge in [0.15, 0.2) is 11.6 Å². The van der Waals surface area contributed by atoms with Crippen molar-refractivity contribution < 1.29 is 13.5 Å². The second kappa shape index (κ2) is 8.55. The van der Waals surface area contributed by atoms with Gasteiger partial charge in [0.1, 0.15) is 11.6 Å². The summed E-state index contributed by atoms with van der Waals surface area (Å²) in [6, 6.07) is 10.8. The molecular weight excluding hydrogens is 374 g/mol. The molecule has 0 saturated carbocycles. The molecule has 0 aliphatic carbocycles. The second-order valence-corrected chi connectivity index (χ2v) is 7.25. The van der Waals surface area contributed by atoms with E-state index in [1.165, 1.54) is 29.9 Å². The molecule has 3 aromatic rings. The Balaban J connectivity index is 2.18. The Bertz CT molecular complexity index is 1090. The number of methoxy groups -OCH3 is 1. The summed E-state index contributed by atoms with van der Waals surface area (Å²) in [6.07, 6.45) is 0.435. The van der Waals surface area contributed by atoms with E-state index in [4.69, 9.17) is 4.74 Å². The smallest absolute Gasteiger partial charge is 0.257 e. The van der Waals surface area contributed by atoms with E-state index in [-0.39, 0.29) is 29.6 Å². The Morgan fingerprint density at radius 3 is 2.52 bits per heavy atom. The third-order valence-corrected chi connectivity index (χ3v) is 4.90. The summed E-state index contributed by atoms with van der Waals surface area (Å²) >= 11 is 0. The zero-order chi connectivity index (χ0) is 21.1. The van der Waals surface area contributed by atoms with E-state index in [2.05, 4.69) is 4.98 Å². The maximum Gasteiger partial charge on any atom is 0.257 e. The van der Waals surface area contributed by atoms with Crippen molar-refractivity contribution >= 4 is 0 Å². The van der Waals surface area contributed by atoms with Crippen LogP contribution in [0.4, 0.5) is 8.78 Å². The molecule has 0 aliphatic rings. The van der Waals surface area contributed by atoms with Crippen LogP contribution in [0, 0.1) is 18.6 Å². The minimum Gasteiger partial charge on any atom is -0.493 e. The van der Waals surface area contributed by atoms with E-state index in [0.717, 1.165) is 5.56 Å². The van der Waals surface area contributed by atoms with Gasteiger partial charge in [0, 0.05) is 17.8 Å². The number of para-hydroxylation sites is 1. The van der Waals surface area contributed by atoms with Crippen molar-refractivity contribution in [2.75, 3.05) is 7.11 Å². The van der Waals surface area contributed by atoms with Crippen LogP contribution in [0.15, 0.2) is 47.3 Å². The molecule has 0 N–H and O–H groups in total. The minimum atomic E-state index is -0.526. The maximum absolute atomic E-state index is 14.3. The number of aryl methyl sites for hydroxylation is 2. The predicted octanol–water partition coefficient (Wildman–Crippen LogP) is 4.87. The molecule has 152 valence electrons. The van der Waals surface area contributed by atoms with Crippen LogP contribution in [0.5, 0.6) is 5.75 Å². The van der Waals surface area contributed by atoms with E-state index >= 15 is 0 Å². The van der Waals surface area contributed by atoms with Gasteiger partial charge in [-0.25, -0.2) is 13.8 Å². The SMILES string of the molecule is COc1c(F)cccc1-c1nc(C)c(C(C)C)c(=O)n1CCc1cccc(F)c1. The van der Waals surface area contributed by atoms with Gasteiger partial charge < -0.3 is 4.74 Å². The highest BCUT2D eigenvalue weighted by atomic mass is 19.1. The topological polar surface area (TPSA) is 44.1 Å². The number of benzene rings is 2. The third-order valence-electron chi connectivity index (χ3n) is 4.90. The number of rotatable bonds is 6. The van der Waals surface area contributed by atoms with Crippen LogP contribution < -0.4 is 10.3 Å². The van der Waals surface area contributed by atoms with E-state index in [9.17, 15) is 13.6 Å². The Hall–Kier alpha value is -3.02. The lowest BCUT2D eigenvalue weighted by Crippen LogP contribution is -2.29. The fourth-order valence-electron chi connectivity index (χ4n) is 3.58. The Labute approximate surface area is 168 Å². The lowest BCUT2D eigenvalue weighted by molar-refractivity contribution is 0.387. The van der Waals surface area contributed by atoms with Gasteiger partial charge in [-0.05, 0) is 49.1 Å². The molecule has 0 aliphatic heterocycles. The maximum atomic E-state index is 14.3. The third kappa shape index (κ3) is 4.21. The molecule has 29 heavy (non-hydrogen) atoms. The van der Waals surface area contributed by atoms with E-state index in [0.29, 0.717) is 29.1 Å². The highest BCUT2D eigenvalue weighted by Gasteiger charge is 2.21. The summed E-state index contributed by atoms with van der Waals surface area (Å²) in [7, 11) is 1.38. The van der Waals surface area contributed by atoms with Crippen molar-refractivity contribution in [1.29, 1.82) is 0 Å². The van der Waals surface area contributed by atoms with Gasteiger partial charge in [-0.1, -0.05) is 32.0 Å². The Morgan fingerprint density at radius 1 is 1.14 bits per heavy atom. The summed E-state index contributed by atoms with van der Waals surface area (Å²) in [5, 5.41) is 0. The fourth-order valence-corrected chi connectivity index (χ4v) is 3.58. The highest BCUT2D eigenvalue weighted by Crippen LogP contribution is 2.31. The van der Waals surface area contributed by atoms with Crippen LogP contribution in [0.25, 0.3) is 11.4 Å². The summed E-state index contributed by atoms with van der Waals surface area (Å²) in [5.74, 6) is -0.493. The van der Waals surface area contributed by atoms with Crippen LogP contribution >= 0.6 is 0 Å². The normalized spacial score (nSPS) is 11.1. The van der Waals surface area contributed by atoms with Gasteiger partial charge in [0.05, 0.1) is 12.7 Å². The largest absolute Gasteiger partial charge is 0.493 e. The predicted molar refractivity (Wildman–Crippen MR) is 109 cm³/mol. The molecule has 2 aromatic carbocycles. The van der Waals surface area contributed by atoms with Crippen LogP contribution in [0.2, 0.25) is 0 Å². The minimum absolute atomic E-state index is 0.0149. The zero-order valence-electron chi connectivity index (χ0n) is 17.0. The first-order valence-corrected chi connectivity index (χ1v) is 9.52. The standard InChI is InChI=1S/C23H24F2N2O2/c1-14(2)20-15(3)26-22(18-9-6-10-19(25)21(18)29-4)27(23(20)28)12-11-16-7-5-8-17(24)13-16/h5-10,13-14H,11-12H2,1-4H3. The molecular formula is C23H24F2N2O2. The molecule has 0 unspecified atom stereocenters. The van der Waals surface area contributed by atoms with Gasteiger partial charge in [-0.3, -0.25) is 9.36 Å². The highest BCUT2D eigenvalue weighted by molar-refractivity contribution is 5.65. The van der Waals surface area contributed by atoms with E-state index in [1.807, 2.05) is 19.9 Å². The van der Waals surface area contributed by atoms with Crippen LogP contribution in [-0.2, 0) is 13.0 Å². The summed E-state index contributed by atoms with van der Waals surface area (Å²) in [4.78, 5) is 18.0. The number of aromatic nitrogens is 2. The van der Waals surface area contributed by atoms with Gasteiger partial charge in [-0.2, -0.15) is 0 Å². The molecule has 0 spiro atoms. The zero-order valence-corrected chi connectivity index (χ0v) is 17.0. The summed E-state index contributed by atoms with van der Waals surface area (Å²) < 4.78 is 34.6. The van der Waals surface area contributed by atoms with Gasteiger partial charge in [0.25, 0.3) is 5.56 Å². The molecule has 1 aromatic heterocycles. The summed E-state index contributed by atoms with van der Waals surface area (Å²) in [5.41, 5.74) is 2.21. The second-order valence-electron chi connectivity index (χ2n) is 7.25. The lowest BCUT2D eigenvalue weighted by atomic mass is 10.0. The molecule has 0 fully saturated rings. The quantitative estimate of drug-likeness (QED) is 0.595. The van der Waals surface area contributed by atoms with Crippen LogP contribution in [0.1, 0.15) is 36.6 Å². The number of halogens is 2. The molecule has 0 bridgehead atoms. The molecule has 0 radical (unpaired) electrons. The van der Waals surface area contributed by atoms with E-state index in [1.54, 1.807) is 25.1 Å². The van der Waals surface area contributed by atoms with Crippen LogP contribution in [0.3, 0.4) is 0 Å². The average molecular weight is 398 g/mol.